The molecule has 0 aliphatic heterocycles. The summed E-state index contributed by atoms with van der Waals surface area (Å²) in [6.07, 6.45) is 2.00. The van der Waals surface area contributed by atoms with E-state index < -0.39 is 0 Å². The highest BCUT2D eigenvalue weighted by Gasteiger charge is 2.11. The van der Waals surface area contributed by atoms with Gasteiger partial charge in [0.05, 0.1) is 10.2 Å². The summed E-state index contributed by atoms with van der Waals surface area (Å²) in [4.78, 5) is 17.9. The van der Waals surface area contributed by atoms with E-state index in [1.165, 1.54) is 22.5 Å². The minimum absolute atomic E-state index is 0.122. The van der Waals surface area contributed by atoms with Gasteiger partial charge in [0.2, 0.25) is 0 Å². The summed E-state index contributed by atoms with van der Waals surface area (Å²) in [5.74, 6) is -0.122. The third-order valence-corrected chi connectivity index (χ3v) is 5.22. The summed E-state index contributed by atoms with van der Waals surface area (Å²) in [7, 11) is 0. The van der Waals surface area contributed by atoms with Gasteiger partial charge in [-0.05, 0) is 61.6 Å². The Morgan fingerprint density at radius 2 is 1.95 bits per heavy atom. The molecule has 0 atom stereocenters. The number of anilines is 1. The average molecular weight is 328 g/mol. The van der Waals surface area contributed by atoms with Gasteiger partial charge < -0.3 is 0 Å². The monoisotopic (exact) mass is 328 g/mol. The molecule has 3 aromatic rings. The lowest BCUT2D eigenvalue weighted by molar-refractivity contribution is 0.102. The van der Waals surface area contributed by atoms with E-state index in [1.807, 2.05) is 30.5 Å². The third-order valence-electron chi connectivity index (χ3n) is 3.56. The number of thiazole rings is 1. The molecule has 0 bridgehead atoms. The van der Waals surface area contributed by atoms with Gasteiger partial charge in [-0.25, -0.2) is 4.98 Å². The Labute approximate surface area is 137 Å². The second-order valence-corrected chi connectivity index (χ2v) is 7.02. The number of rotatable bonds is 3. The zero-order chi connectivity index (χ0) is 15.7. The lowest BCUT2D eigenvalue weighted by Crippen LogP contribution is -2.11. The molecule has 5 heteroatoms. The number of hydrogen-bond donors (Lipinski definition) is 1. The van der Waals surface area contributed by atoms with E-state index >= 15 is 0 Å². The van der Waals surface area contributed by atoms with Crippen molar-refractivity contribution >= 4 is 44.4 Å². The lowest BCUT2D eigenvalue weighted by atomic mass is 10.1. The van der Waals surface area contributed by atoms with E-state index in [9.17, 15) is 4.79 Å². The number of aromatic nitrogens is 1. The van der Waals surface area contributed by atoms with Crippen molar-refractivity contribution in [3.8, 4) is 0 Å². The zero-order valence-electron chi connectivity index (χ0n) is 12.6. The normalized spacial score (nSPS) is 10.9. The Morgan fingerprint density at radius 3 is 2.73 bits per heavy atom. The quantitative estimate of drug-likeness (QED) is 0.696. The van der Waals surface area contributed by atoms with E-state index in [4.69, 9.17) is 0 Å². The predicted molar refractivity (Wildman–Crippen MR) is 95.3 cm³/mol. The van der Waals surface area contributed by atoms with E-state index in [0.29, 0.717) is 10.7 Å². The molecule has 112 valence electrons. The number of nitrogens with zero attached hydrogens (tertiary/aromatic N) is 1. The van der Waals surface area contributed by atoms with Crippen molar-refractivity contribution in [2.45, 2.75) is 18.7 Å². The Bertz CT molecular complexity index is 816. The third kappa shape index (κ3) is 3.00. The number of amides is 1. The molecule has 1 N–H and O–H groups in total. The van der Waals surface area contributed by atoms with Gasteiger partial charge in [-0.15, -0.1) is 11.8 Å². The molecule has 0 aliphatic carbocycles. The van der Waals surface area contributed by atoms with E-state index in [-0.39, 0.29) is 5.91 Å². The van der Waals surface area contributed by atoms with Crippen LogP contribution in [0, 0.1) is 13.8 Å². The van der Waals surface area contributed by atoms with Gasteiger partial charge >= 0.3 is 0 Å². The molecule has 1 heterocycles. The standard InChI is InChI=1S/C17H16N2OS2/c1-10-7-14-15(8-11(10)2)22-17(18-14)19-16(20)12-5-4-6-13(9-12)21-3/h4-9H,1-3H3,(H,18,19,20). The first-order valence-corrected chi connectivity index (χ1v) is 8.94. The van der Waals surface area contributed by atoms with Crippen molar-refractivity contribution in [1.82, 2.24) is 4.98 Å². The van der Waals surface area contributed by atoms with Crippen molar-refractivity contribution in [3.63, 3.8) is 0 Å². The van der Waals surface area contributed by atoms with Crippen molar-refractivity contribution < 1.29 is 4.79 Å². The van der Waals surface area contributed by atoms with Crippen LogP contribution in [0.5, 0.6) is 0 Å². The number of aryl methyl sites for hydroxylation is 2. The maximum atomic E-state index is 12.3. The molecule has 22 heavy (non-hydrogen) atoms. The van der Waals surface area contributed by atoms with Gasteiger partial charge in [-0.2, -0.15) is 0 Å². The topological polar surface area (TPSA) is 42.0 Å². The number of carbonyl (C=O) groups is 1. The maximum Gasteiger partial charge on any atom is 0.257 e. The summed E-state index contributed by atoms with van der Waals surface area (Å²) < 4.78 is 1.09. The van der Waals surface area contributed by atoms with Crippen molar-refractivity contribution in [2.24, 2.45) is 0 Å². The van der Waals surface area contributed by atoms with Gasteiger partial charge in [0.1, 0.15) is 0 Å². The molecule has 1 amide bonds. The molecule has 1 aromatic heterocycles. The molecule has 0 fully saturated rings. The van der Waals surface area contributed by atoms with Crippen LogP contribution in [-0.2, 0) is 0 Å². The van der Waals surface area contributed by atoms with Crippen LogP contribution in [0.4, 0.5) is 5.13 Å². The molecule has 2 aromatic carbocycles. The van der Waals surface area contributed by atoms with Gasteiger partial charge in [-0.1, -0.05) is 17.4 Å². The van der Waals surface area contributed by atoms with Crippen LogP contribution < -0.4 is 5.32 Å². The summed E-state index contributed by atoms with van der Waals surface area (Å²) in [6, 6.07) is 11.8. The van der Waals surface area contributed by atoms with Crippen molar-refractivity contribution in [1.29, 1.82) is 0 Å². The highest BCUT2D eigenvalue weighted by Crippen LogP contribution is 2.28. The first-order valence-electron chi connectivity index (χ1n) is 6.90. The Hall–Kier alpha value is -1.85. The van der Waals surface area contributed by atoms with Crippen LogP contribution >= 0.6 is 23.1 Å². The second kappa shape index (κ2) is 6.10. The molecule has 0 radical (unpaired) electrons. The minimum Gasteiger partial charge on any atom is -0.298 e. The van der Waals surface area contributed by atoms with Crippen LogP contribution in [-0.4, -0.2) is 17.1 Å². The van der Waals surface area contributed by atoms with Crippen molar-refractivity contribution in [2.75, 3.05) is 11.6 Å². The maximum absolute atomic E-state index is 12.3. The number of hydrogen-bond acceptors (Lipinski definition) is 4. The molecular weight excluding hydrogens is 312 g/mol. The lowest BCUT2D eigenvalue weighted by Gasteiger charge is -2.03. The largest absolute Gasteiger partial charge is 0.298 e. The number of nitrogens with one attached hydrogen (secondary N) is 1. The Kier molecular flexibility index (Phi) is 4.18. The Balaban J connectivity index is 1.87. The van der Waals surface area contributed by atoms with E-state index in [2.05, 4.69) is 36.3 Å². The van der Waals surface area contributed by atoms with E-state index in [0.717, 1.165) is 15.1 Å². The Morgan fingerprint density at radius 1 is 1.18 bits per heavy atom. The minimum atomic E-state index is -0.122. The summed E-state index contributed by atoms with van der Waals surface area (Å²) in [5.41, 5.74) is 4.03. The fourth-order valence-electron chi connectivity index (χ4n) is 2.17. The van der Waals surface area contributed by atoms with Gasteiger partial charge in [0.25, 0.3) is 5.91 Å². The molecule has 0 unspecified atom stereocenters. The first kappa shape index (κ1) is 15.1. The van der Waals surface area contributed by atoms with Crippen molar-refractivity contribution in [3.05, 3.63) is 53.1 Å². The van der Waals surface area contributed by atoms with Crippen LogP contribution in [0.25, 0.3) is 10.2 Å². The van der Waals surface area contributed by atoms with Gasteiger partial charge in [0, 0.05) is 10.5 Å². The fraction of sp³-hybridized carbons (Fsp3) is 0.176. The van der Waals surface area contributed by atoms with Gasteiger partial charge in [0.15, 0.2) is 5.13 Å². The average Bonchev–Trinajstić information content (AvgIpc) is 2.89. The second-order valence-electron chi connectivity index (χ2n) is 5.11. The van der Waals surface area contributed by atoms with Crippen LogP contribution in [0.3, 0.4) is 0 Å². The molecule has 0 saturated carbocycles. The first-order chi connectivity index (χ1) is 10.6. The van der Waals surface area contributed by atoms with Crippen LogP contribution in [0.1, 0.15) is 21.5 Å². The summed E-state index contributed by atoms with van der Waals surface area (Å²) >= 11 is 3.13. The number of benzene rings is 2. The molecule has 3 nitrogen and oxygen atoms in total. The van der Waals surface area contributed by atoms with Crippen LogP contribution in [0.15, 0.2) is 41.3 Å². The molecule has 0 saturated heterocycles. The SMILES string of the molecule is CSc1cccc(C(=O)Nc2nc3cc(C)c(C)cc3s2)c1. The highest BCUT2D eigenvalue weighted by molar-refractivity contribution is 7.98. The van der Waals surface area contributed by atoms with Gasteiger partial charge in [-0.3, -0.25) is 10.1 Å². The predicted octanol–water partition coefficient (Wildman–Crippen LogP) is 4.89. The smallest absolute Gasteiger partial charge is 0.257 e. The van der Waals surface area contributed by atoms with E-state index in [1.54, 1.807) is 11.8 Å². The zero-order valence-corrected chi connectivity index (χ0v) is 14.3. The van der Waals surface area contributed by atoms with Crippen LogP contribution in [0.2, 0.25) is 0 Å². The molecule has 3 rings (SSSR count). The molecular formula is C17H16N2OS2. The molecule has 0 spiro atoms. The number of thioether (sulfide) groups is 1. The highest BCUT2D eigenvalue weighted by atomic mass is 32.2. The summed E-state index contributed by atoms with van der Waals surface area (Å²) in [5, 5.41) is 3.54. The number of carbonyl (C=O) groups excluding carboxylic acids is 1. The molecule has 0 aliphatic rings. The number of fused-ring (bicyclic) bond motifs is 1. The fourth-order valence-corrected chi connectivity index (χ4v) is 3.57. The summed E-state index contributed by atoms with van der Waals surface area (Å²) in [6.45, 7) is 4.15.